The number of rotatable bonds is 3. The fraction of sp³-hybridized carbons (Fsp3) is 0.556. The summed E-state index contributed by atoms with van der Waals surface area (Å²) in [5.41, 5.74) is 0.856. The zero-order valence-electron chi connectivity index (χ0n) is 8.57. The maximum atomic E-state index is 11.6. The van der Waals surface area contributed by atoms with E-state index in [9.17, 15) is 4.79 Å². The third-order valence-electron chi connectivity index (χ3n) is 2.10. The first-order valence-corrected chi connectivity index (χ1v) is 4.89. The van der Waals surface area contributed by atoms with E-state index in [2.05, 4.69) is 4.98 Å². The second-order valence-corrected chi connectivity index (χ2v) is 3.60. The van der Waals surface area contributed by atoms with Crippen molar-refractivity contribution in [2.24, 2.45) is 0 Å². The first kappa shape index (κ1) is 11.0. The lowest BCUT2D eigenvalue weighted by Gasteiger charge is -2.19. The molecule has 4 nitrogen and oxygen atoms in total. The number of likely N-dealkylation sites (N-methyl/N-ethyl adjacent to an activating group) is 1. The normalized spacial score (nSPS) is 12.6. The Labute approximate surface area is 88.5 Å². The van der Waals surface area contributed by atoms with E-state index in [0.29, 0.717) is 5.88 Å². The van der Waals surface area contributed by atoms with Gasteiger partial charge in [-0.3, -0.25) is 4.79 Å². The number of aromatic nitrogens is 2. The van der Waals surface area contributed by atoms with Gasteiger partial charge >= 0.3 is 0 Å². The third-order valence-corrected chi connectivity index (χ3v) is 2.37. The molecule has 0 aliphatic rings. The van der Waals surface area contributed by atoms with Gasteiger partial charge in [0.05, 0.1) is 17.9 Å². The van der Waals surface area contributed by atoms with E-state index >= 15 is 0 Å². The summed E-state index contributed by atoms with van der Waals surface area (Å²) in [4.78, 5) is 17.2. The number of carbonyl (C=O) groups excluding carboxylic acids is 1. The molecule has 1 amide bonds. The fourth-order valence-corrected chi connectivity index (χ4v) is 1.48. The Hall–Kier alpha value is -1.03. The summed E-state index contributed by atoms with van der Waals surface area (Å²) >= 11 is 5.72. The number of carbonyl (C=O) groups is 1. The Balaban J connectivity index is 2.88. The molecule has 78 valence electrons. The van der Waals surface area contributed by atoms with E-state index in [1.807, 2.05) is 6.92 Å². The summed E-state index contributed by atoms with van der Waals surface area (Å²) in [5, 5.41) is 0. The molecule has 0 bridgehead atoms. The van der Waals surface area contributed by atoms with Crippen LogP contribution >= 0.6 is 11.6 Å². The van der Waals surface area contributed by atoms with Crippen LogP contribution in [0.25, 0.3) is 0 Å². The number of hydrogen-bond donors (Lipinski definition) is 0. The molecule has 1 aromatic heterocycles. The lowest BCUT2D eigenvalue weighted by atomic mass is 10.3. The summed E-state index contributed by atoms with van der Waals surface area (Å²) in [6.07, 6.45) is 3.30. The molecule has 0 fully saturated rings. The largest absolute Gasteiger partial charge is 0.347 e. The minimum absolute atomic E-state index is 0.0365. The van der Waals surface area contributed by atoms with E-state index in [1.54, 1.807) is 36.1 Å². The number of halogens is 1. The van der Waals surface area contributed by atoms with Gasteiger partial charge in [-0.15, -0.1) is 11.6 Å². The van der Waals surface area contributed by atoms with Crippen LogP contribution in [0, 0.1) is 0 Å². The number of alkyl halides is 1. The van der Waals surface area contributed by atoms with E-state index in [1.165, 1.54) is 0 Å². The Morgan fingerprint density at radius 3 is 2.86 bits per heavy atom. The first-order valence-electron chi connectivity index (χ1n) is 4.35. The van der Waals surface area contributed by atoms with Crippen molar-refractivity contribution < 1.29 is 4.79 Å². The van der Waals surface area contributed by atoms with Gasteiger partial charge < -0.3 is 9.47 Å². The van der Waals surface area contributed by atoms with Gasteiger partial charge in [0.15, 0.2) is 0 Å². The molecule has 1 heterocycles. The molecule has 1 unspecified atom stereocenters. The molecule has 1 aromatic rings. The molecular formula is C9H14ClN3O. The zero-order chi connectivity index (χ0) is 10.7. The highest BCUT2D eigenvalue weighted by atomic mass is 35.5. The maximum Gasteiger partial charge on any atom is 0.244 e. The monoisotopic (exact) mass is 215 g/mol. The minimum atomic E-state index is -0.249. The van der Waals surface area contributed by atoms with Crippen LogP contribution in [0.2, 0.25) is 0 Å². The van der Waals surface area contributed by atoms with E-state index in [0.717, 1.165) is 5.69 Å². The average Bonchev–Trinajstić information content (AvgIpc) is 2.62. The van der Waals surface area contributed by atoms with Crippen molar-refractivity contribution in [1.82, 2.24) is 14.5 Å². The Morgan fingerprint density at radius 2 is 2.36 bits per heavy atom. The molecule has 1 rings (SSSR count). The molecule has 0 aliphatic heterocycles. The van der Waals surface area contributed by atoms with E-state index in [-0.39, 0.29) is 11.9 Å². The predicted molar refractivity (Wildman–Crippen MR) is 55.2 cm³/mol. The number of nitrogens with zero attached hydrogens (tertiary/aromatic N) is 3. The van der Waals surface area contributed by atoms with Crippen LogP contribution in [-0.2, 0) is 10.7 Å². The maximum absolute atomic E-state index is 11.6. The van der Waals surface area contributed by atoms with Crippen LogP contribution in [0.1, 0.15) is 18.7 Å². The molecule has 0 N–H and O–H groups in total. The Kier molecular flexibility index (Phi) is 3.52. The summed E-state index contributed by atoms with van der Waals surface area (Å²) in [7, 11) is 3.46. The summed E-state index contributed by atoms with van der Waals surface area (Å²) in [6, 6.07) is -0.249. The topological polar surface area (TPSA) is 38.1 Å². The van der Waals surface area contributed by atoms with Gasteiger partial charge in [0, 0.05) is 20.3 Å². The smallest absolute Gasteiger partial charge is 0.244 e. The second-order valence-electron chi connectivity index (χ2n) is 3.33. The second kappa shape index (κ2) is 4.46. The van der Waals surface area contributed by atoms with Crippen molar-refractivity contribution in [1.29, 1.82) is 0 Å². The summed E-state index contributed by atoms with van der Waals surface area (Å²) in [5.74, 6) is 0.403. The van der Waals surface area contributed by atoms with Gasteiger partial charge in [0.1, 0.15) is 6.04 Å². The van der Waals surface area contributed by atoms with Gasteiger partial charge in [0.2, 0.25) is 5.91 Å². The lowest BCUT2D eigenvalue weighted by molar-refractivity contribution is -0.131. The highest BCUT2D eigenvalue weighted by molar-refractivity contribution is 6.16. The van der Waals surface area contributed by atoms with Crippen molar-refractivity contribution in [3.63, 3.8) is 0 Å². The molecule has 0 spiro atoms. The van der Waals surface area contributed by atoms with Crippen LogP contribution < -0.4 is 0 Å². The van der Waals surface area contributed by atoms with E-state index < -0.39 is 0 Å². The van der Waals surface area contributed by atoms with Gasteiger partial charge in [-0.1, -0.05) is 0 Å². The van der Waals surface area contributed by atoms with Crippen molar-refractivity contribution in [3.05, 3.63) is 18.2 Å². The molecule has 0 saturated heterocycles. The van der Waals surface area contributed by atoms with E-state index in [4.69, 9.17) is 11.6 Å². The standard InChI is InChI=1S/C9H14ClN3O/c1-7(9(14)12(2)3)13-6-11-5-8(13)4-10/h5-7H,4H2,1-3H3. The molecule has 1 atom stereocenters. The predicted octanol–water partition coefficient (Wildman–Crippen LogP) is 1.27. The van der Waals surface area contributed by atoms with Crippen LogP contribution in [0.15, 0.2) is 12.5 Å². The van der Waals surface area contributed by atoms with Gasteiger partial charge in [-0.25, -0.2) is 4.98 Å². The van der Waals surface area contributed by atoms with Crippen molar-refractivity contribution in [2.75, 3.05) is 14.1 Å². The van der Waals surface area contributed by atoms with Crippen LogP contribution in [-0.4, -0.2) is 34.5 Å². The number of hydrogen-bond acceptors (Lipinski definition) is 2. The molecule has 0 aromatic carbocycles. The highest BCUT2D eigenvalue weighted by Gasteiger charge is 2.18. The molecule has 5 heteroatoms. The van der Waals surface area contributed by atoms with Crippen LogP contribution in [0.3, 0.4) is 0 Å². The number of amides is 1. The van der Waals surface area contributed by atoms with Crippen molar-refractivity contribution >= 4 is 17.5 Å². The van der Waals surface area contributed by atoms with Crippen LogP contribution in [0.4, 0.5) is 0 Å². The molecule has 14 heavy (non-hydrogen) atoms. The van der Waals surface area contributed by atoms with Gasteiger partial charge in [0.25, 0.3) is 0 Å². The Morgan fingerprint density at radius 1 is 1.71 bits per heavy atom. The summed E-state index contributed by atoms with van der Waals surface area (Å²) in [6.45, 7) is 1.83. The molecular weight excluding hydrogens is 202 g/mol. The average molecular weight is 216 g/mol. The third kappa shape index (κ3) is 2.07. The lowest BCUT2D eigenvalue weighted by Crippen LogP contribution is -2.30. The zero-order valence-corrected chi connectivity index (χ0v) is 9.32. The van der Waals surface area contributed by atoms with Crippen molar-refractivity contribution in [3.8, 4) is 0 Å². The molecule has 0 radical (unpaired) electrons. The molecule has 0 aliphatic carbocycles. The fourth-order valence-electron chi connectivity index (χ4n) is 1.28. The summed E-state index contributed by atoms with van der Waals surface area (Å²) < 4.78 is 1.79. The quantitative estimate of drug-likeness (QED) is 0.713. The van der Waals surface area contributed by atoms with Crippen LogP contribution in [0.5, 0.6) is 0 Å². The van der Waals surface area contributed by atoms with Gasteiger partial charge in [-0.05, 0) is 6.92 Å². The SMILES string of the molecule is CC(C(=O)N(C)C)n1cncc1CCl. The van der Waals surface area contributed by atoms with Gasteiger partial charge in [-0.2, -0.15) is 0 Å². The first-order chi connectivity index (χ1) is 6.57. The van der Waals surface area contributed by atoms with Crippen molar-refractivity contribution in [2.45, 2.75) is 18.8 Å². The Bertz CT molecular complexity index is 322. The highest BCUT2D eigenvalue weighted by Crippen LogP contribution is 2.13. The number of imidazole rings is 1. The molecule has 0 saturated carbocycles. The minimum Gasteiger partial charge on any atom is -0.347 e.